The lowest BCUT2D eigenvalue weighted by atomic mass is 9.79. The van der Waals surface area contributed by atoms with E-state index in [1.165, 1.54) is 49.5 Å². The minimum absolute atomic E-state index is 0.132. The Morgan fingerprint density at radius 1 is 0.383 bits per heavy atom. The zero-order valence-corrected chi connectivity index (χ0v) is 33.3. The van der Waals surface area contributed by atoms with Crippen LogP contribution in [0.4, 0.5) is 0 Å². The van der Waals surface area contributed by atoms with Crippen molar-refractivity contribution in [2.45, 2.75) is 19.3 Å². The van der Waals surface area contributed by atoms with E-state index in [0.29, 0.717) is 17.5 Å². The summed E-state index contributed by atoms with van der Waals surface area (Å²) in [6, 6.07) is 69.6. The van der Waals surface area contributed by atoms with Gasteiger partial charge in [-0.25, -0.2) is 15.0 Å². The van der Waals surface area contributed by atoms with Crippen LogP contribution < -0.4 is 0 Å². The van der Waals surface area contributed by atoms with Crippen molar-refractivity contribution in [2.75, 3.05) is 0 Å². The van der Waals surface area contributed by atoms with Gasteiger partial charge in [-0.2, -0.15) is 0 Å². The van der Waals surface area contributed by atoms with E-state index >= 15 is 0 Å². The van der Waals surface area contributed by atoms with Gasteiger partial charge >= 0.3 is 0 Å². The molecule has 0 spiro atoms. The van der Waals surface area contributed by atoms with Gasteiger partial charge in [0.1, 0.15) is 0 Å². The first-order valence-electron chi connectivity index (χ1n) is 20.6. The van der Waals surface area contributed by atoms with E-state index in [1.807, 2.05) is 0 Å². The summed E-state index contributed by atoms with van der Waals surface area (Å²) in [5, 5.41) is 6.96. The number of hydrogen-bond acceptors (Lipinski definition) is 3. The monoisotopic (exact) mass is 766 g/mol. The normalized spacial score (nSPS) is 13.0. The molecule has 2 aromatic heterocycles. The smallest absolute Gasteiger partial charge is 0.166 e. The average Bonchev–Trinajstić information content (AvgIpc) is 3.77. The van der Waals surface area contributed by atoms with Crippen LogP contribution in [0.5, 0.6) is 0 Å². The Morgan fingerprint density at radius 3 is 1.65 bits per heavy atom. The summed E-state index contributed by atoms with van der Waals surface area (Å²) in [6.07, 6.45) is 0. The second kappa shape index (κ2) is 13.2. The summed E-state index contributed by atoms with van der Waals surface area (Å²) in [4.78, 5) is 15.8. The molecule has 0 saturated carbocycles. The third-order valence-electron chi connectivity index (χ3n) is 12.6. The highest BCUT2D eigenvalue weighted by Crippen LogP contribution is 2.52. The molecule has 2 heterocycles. The minimum atomic E-state index is -0.132. The molecule has 1 aliphatic carbocycles. The lowest BCUT2D eigenvalue weighted by molar-refractivity contribution is 0.662. The number of hydrogen-bond donors (Lipinski definition) is 0. The van der Waals surface area contributed by atoms with E-state index in [0.717, 1.165) is 49.6 Å². The lowest BCUT2D eigenvalue weighted by Crippen LogP contribution is -2.16. The van der Waals surface area contributed by atoms with Crippen molar-refractivity contribution in [3.05, 3.63) is 205 Å². The number of aromatic nitrogens is 4. The van der Waals surface area contributed by atoms with Crippen molar-refractivity contribution in [3.63, 3.8) is 0 Å². The van der Waals surface area contributed by atoms with Crippen molar-refractivity contribution in [3.8, 4) is 62.1 Å². The maximum Gasteiger partial charge on any atom is 0.166 e. The largest absolute Gasteiger partial charge is 0.308 e. The summed E-state index contributed by atoms with van der Waals surface area (Å²) in [5.74, 6) is 1.90. The van der Waals surface area contributed by atoms with Crippen molar-refractivity contribution < 1.29 is 0 Å². The van der Waals surface area contributed by atoms with Gasteiger partial charge in [0.25, 0.3) is 0 Å². The molecule has 0 atom stereocenters. The molecule has 60 heavy (non-hydrogen) atoms. The SMILES string of the molecule is CC1(C)c2ccccc2-c2cccc(-c3ccc4c(c3)c3cccc(-c5nc(-c6ccc7ccccc7c6)nc(-c6ccc7ccccc7c6)n5)c3n4-c3ccccc3)c21. The van der Waals surface area contributed by atoms with Gasteiger partial charge in [-0.3, -0.25) is 0 Å². The number of fused-ring (bicyclic) bond motifs is 8. The van der Waals surface area contributed by atoms with Crippen LogP contribution in [0, 0.1) is 0 Å². The van der Waals surface area contributed by atoms with Crippen molar-refractivity contribution in [2.24, 2.45) is 0 Å². The van der Waals surface area contributed by atoms with Crippen LogP contribution in [-0.4, -0.2) is 19.5 Å². The molecule has 4 heteroatoms. The van der Waals surface area contributed by atoms with Gasteiger partial charge in [-0.05, 0) is 97.4 Å². The molecule has 0 amide bonds. The van der Waals surface area contributed by atoms with Crippen LogP contribution in [0.2, 0.25) is 0 Å². The van der Waals surface area contributed by atoms with Crippen molar-refractivity contribution >= 4 is 43.4 Å². The predicted molar refractivity (Wildman–Crippen MR) is 248 cm³/mol. The van der Waals surface area contributed by atoms with Crippen LogP contribution in [0.1, 0.15) is 25.0 Å². The highest BCUT2D eigenvalue weighted by molar-refractivity contribution is 6.14. The zero-order chi connectivity index (χ0) is 40.0. The standard InChI is InChI=1S/C56H38N4/c1-56(2)49-25-11-10-20-44(49)45-22-12-21-43(51(45)56)39-30-31-50-48(34-39)46-23-13-24-47(52(46)60(50)42-18-4-3-5-19-42)55-58-53(40-28-26-35-14-6-8-16-37(35)32-40)57-54(59-55)41-29-27-36-15-7-9-17-38(36)33-41/h3-34H,1-2H3. The topological polar surface area (TPSA) is 43.6 Å². The van der Waals surface area contributed by atoms with E-state index in [9.17, 15) is 0 Å². The number of rotatable bonds is 5. The van der Waals surface area contributed by atoms with Crippen molar-refractivity contribution in [1.82, 2.24) is 19.5 Å². The molecular formula is C56H38N4. The van der Waals surface area contributed by atoms with Gasteiger partial charge in [-0.1, -0.05) is 166 Å². The Hall–Kier alpha value is -7.69. The van der Waals surface area contributed by atoms with E-state index in [-0.39, 0.29) is 5.41 Å². The quantitative estimate of drug-likeness (QED) is 0.175. The van der Waals surface area contributed by atoms with E-state index in [2.05, 4.69) is 213 Å². The highest BCUT2D eigenvalue weighted by atomic mass is 15.0. The van der Waals surface area contributed by atoms with Crippen LogP contribution >= 0.6 is 0 Å². The van der Waals surface area contributed by atoms with Gasteiger partial charge < -0.3 is 4.57 Å². The molecule has 0 fully saturated rings. The Kier molecular flexibility index (Phi) is 7.54. The fraction of sp³-hybridized carbons (Fsp3) is 0.0536. The minimum Gasteiger partial charge on any atom is -0.308 e. The summed E-state index contributed by atoms with van der Waals surface area (Å²) in [5.41, 5.74) is 13.8. The predicted octanol–water partition coefficient (Wildman–Crippen LogP) is 14.2. The molecule has 282 valence electrons. The lowest BCUT2D eigenvalue weighted by Gasteiger charge is -2.24. The van der Waals surface area contributed by atoms with Gasteiger partial charge in [0.2, 0.25) is 0 Å². The zero-order valence-electron chi connectivity index (χ0n) is 33.3. The molecule has 0 bridgehead atoms. The van der Waals surface area contributed by atoms with E-state index < -0.39 is 0 Å². The average molecular weight is 767 g/mol. The molecular weight excluding hydrogens is 729 g/mol. The molecule has 0 unspecified atom stereocenters. The molecule has 0 N–H and O–H groups in total. The molecule has 11 aromatic rings. The van der Waals surface area contributed by atoms with Crippen LogP contribution in [0.15, 0.2) is 194 Å². The summed E-state index contributed by atoms with van der Waals surface area (Å²) in [6.45, 7) is 4.72. The second-order valence-electron chi connectivity index (χ2n) is 16.4. The van der Waals surface area contributed by atoms with E-state index in [4.69, 9.17) is 15.0 Å². The molecule has 12 rings (SSSR count). The Bertz CT molecular complexity index is 3430. The van der Waals surface area contributed by atoms with Crippen molar-refractivity contribution in [1.29, 1.82) is 0 Å². The highest BCUT2D eigenvalue weighted by Gasteiger charge is 2.37. The second-order valence-corrected chi connectivity index (χ2v) is 16.4. The van der Waals surface area contributed by atoms with E-state index in [1.54, 1.807) is 0 Å². The molecule has 0 saturated heterocycles. The summed E-state index contributed by atoms with van der Waals surface area (Å²) < 4.78 is 2.38. The molecule has 4 nitrogen and oxygen atoms in total. The Morgan fingerprint density at radius 2 is 0.933 bits per heavy atom. The van der Waals surface area contributed by atoms with Crippen LogP contribution in [-0.2, 0) is 5.41 Å². The number of para-hydroxylation sites is 2. The fourth-order valence-electron chi connectivity index (χ4n) is 9.76. The first kappa shape index (κ1) is 34.4. The van der Waals surface area contributed by atoms with Gasteiger partial charge in [-0.15, -0.1) is 0 Å². The van der Waals surface area contributed by atoms with Crippen LogP contribution in [0.3, 0.4) is 0 Å². The third-order valence-corrected chi connectivity index (χ3v) is 12.6. The molecule has 1 aliphatic rings. The molecule has 0 aliphatic heterocycles. The van der Waals surface area contributed by atoms with Crippen LogP contribution in [0.25, 0.3) is 105 Å². The first-order chi connectivity index (χ1) is 29.5. The van der Waals surface area contributed by atoms with Gasteiger partial charge in [0.05, 0.1) is 11.0 Å². The summed E-state index contributed by atoms with van der Waals surface area (Å²) in [7, 11) is 0. The first-order valence-corrected chi connectivity index (χ1v) is 20.6. The molecule has 9 aromatic carbocycles. The fourth-order valence-corrected chi connectivity index (χ4v) is 9.76. The number of nitrogens with zero attached hydrogens (tertiary/aromatic N) is 4. The maximum absolute atomic E-state index is 5.33. The van der Waals surface area contributed by atoms with Gasteiger partial charge in [0.15, 0.2) is 17.5 Å². The summed E-state index contributed by atoms with van der Waals surface area (Å²) >= 11 is 0. The Balaban J connectivity index is 1.11. The Labute approximate surface area is 348 Å². The maximum atomic E-state index is 5.33. The van der Waals surface area contributed by atoms with Gasteiger partial charge in [0, 0.05) is 38.6 Å². The number of benzene rings is 9. The molecule has 0 radical (unpaired) electrons. The third kappa shape index (κ3) is 5.27.